The van der Waals surface area contributed by atoms with Gasteiger partial charge in [0.2, 0.25) is 0 Å². The van der Waals surface area contributed by atoms with Crippen molar-refractivity contribution >= 4 is 17.8 Å². The van der Waals surface area contributed by atoms with Gasteiger partial charge in [0, 0.05) is 7.05 Å². The number of carbonyl (C=O) groups excluding carboxylic acids is 3. The minimum absolute atomic E-state index is 0.140. The highest BCUT2D eigenvalue weighted by atomic mass is 16.5. The zero-order valence-electron chi connectivity index (χ0n) is 15.3. The first-order valence-electron chi connectivity index (χ1n) is 8.37. The number of primary amides is 1. The number of amides is 2. The van der Waals surface area contributed by atoms with Gasteiger partial charge < -0.3 is 20.1 Å². The van der Waals surface area contributed by atoms with Crippen molar-refractivity contribution in [1.82, 2.24) is 4.90 Å². The molecule has 7 nitrogen and oxygen atoms in total. The topological polar surface area (TPSA) is 98.9 Å². The van der Waals surface area contributed by atoms with Gasteiger partial charge in [-0.25, -0.2) is 4.79 Å². The second-order valence-electron chi connectivity index (χ2n) is 5.95. The summed E-state index contributed by atoms with van der Waals surface area (Å²) in [6.07, 6.45) is 0. The minimum Gasteiger partial charge on any atom is -0.484 e. The number of ether oxygens (including phenoxy) is 2. The van der Waals surface area contributed by atoms with Gasteiger partial charge in [0.05, 0.1) is 11.6 Å². The van der Waals surface area contributed by atoms with E-state index in [9.17, 15) is 14.4 Å². The van der Waals surface area contributed by atoms with Crippen LogP contribution >= 0.6 is 0 Å². The van der Waals surface area contributed by atoms with E-state index in [1.807, 2.05) is 37.3 Å². The summed E-state index contributed by atoms with van der Waals surface area (Å²) in [5.41, 5.74) is 6.26. The third kappa shape index (κ3) is 5.85. The van der Waals surface area contributed by atoms with Crippen molar-refractivity contribution in [2.45, 2.75) is 13.0 Å². The van der Waals surface area contributed by atoms with Crippen molar-refractivity contribution in [1.29, 1.82) is 0 Å². The highest BCUT2D eigenvalue weighted by Gasteiger charge is 2.19. The summed E-state index contributed by atoms with van der Waals surface area (Å²) in [6.45, 7) is 1.30. The highest BCUT2D eigenvalue weighted by Crippen LogP contribution is 2.18. The van der Waals surface area contributed by atoms with E-state index >= 15 is 0 Å². The quantitative estimate of drug-likeness (QED) is 0.716. The van der Waals surface area contributed by atoms with E-state index in [2.05, 4.69) is 0 Å². The lowest BCUT2D eigenvalue weighted by molar-refractivity contribution is -0.135. The maximum Gasteiger partial charge on any atom is 0.338 e. The molecule has 7 heteroatoms. The third-order valence-corrected chi connectivity index (χ3v) is 4.05. The Hall–Kier alpha value is -3.35. The SMILES string of the molecule is CC(c1ccccc1)N(C)C(=O)COC(=O)c1ccc(OCC(N)=O)cc1. The molecule has 2 N–H and O–H groups in total. The van der Waals surface area contributed by atoms with Crippen LogP contribution in [0.4, 0.5) is 0 Å². The van der Waals surface area contributed by atoms with E-state index in [1.54, 1.807) is 7.05 Å². The van der Waals surface area contributed by atoms with Gasteiger partial charge in [0.15, 0.2) is 13.2 Å². The lowest BCUT2D eigenvalue weighted by Gasteiger charge is -2.25. The van der Waals surface area contributed by atoms with Gasteiger partial charge in [0.25, 0.3) is 11.8 Å². The van der Waals surface area contributed by atoms with Crippen molar-refractivity contribution in [3.05, 3.63) is 65.7 Å². The molecule has 0 saturated carbocycles. The summed E-state index contributed by atoms with van der Waals surface area (Å²) in [5.74, 6) is -1.12. The number of benzene rings is 2. The number of hydrogen-bond acceptors (Lipinski definition) is 5. The summed E-state index contributed by atoms with van der Waals surface area (Å²) in [7, 11) is 1.67. The van der Waals surface area contributed by atoms with E-state index in [1.165, 1.54) is 29.2 Å². The Morgan fingerprint density at radius 2 is 1.63 bits per heavy atom. The van der Waals surface area contributed by atoms with Crippen LogP contribution in [0.5, 0.6) is 5.75 Å². The average molecular weight is 370 g/mol. The standard InChI is InChI=1S/C20H22N2O5/c1-14(15-6-4-3-5-7-15)22(2)19(24)13-27-20(25)16-8-10-17(11-9-16)26-12-18(21)23/h3-11,14H,12-13H2,1-2H3,(H2,21,23). The molecule has 0 aliphatic rings. The van der Waals surface area contributed by atoms with Crippen molar-refractivity contribution in [2.75, 3.05) is 20.3 Å². The van der Waals surface area contributed by atoms with Gasteiger partial charge in [0.1, 0.15) is 5.75 Å². The van der Waals surface area contributed by atoms with Crippen LogP contribution in [0.3, 0.4) is 0 Å². The van der Waals surface area contributed by atoms with Crippen LogP contribution in [-0.2, 0) is 14.3 Å². The minimum atomic E-state index is -0.620. The second kappa shape index (κ2) is 9.38. The monoisotopic (exact) mass is 370 g/mol. The molecule has 27 heavy (non-hydrogen) atoms. The zero-order chi connectivity index (χ0) is 19.8. The Morgan fingerprint density at radius 1 is 1.00 bits per heavy atom. The number of nitrogens with two attached hydrogens (primary N) is 1. The van der Waals surface area contributed by atoms with Crippen molar-refractivity contribution in [3.63, 3.8) is 0 Å². The summed E-state index contributed by atoms with van der Waals surface area (Å²) >= 11 is 0. The first kappa shape index (κ1) is 20.0. The predicted molar refractivity (Wildman–Crippen MR) is 99.0 cm³/mol. The summed E-state index contributed by atoms with van der Waals surface area (Å²) in [6, 6.07) is 15.4. The molecule has 0 saturated heterocycles. The Labute approximate surface area is 157 Å². The van der Waals surface area contributed by atoms with Gasteiger partial charge in [-0.1, -0.05) is 30.3 Å². The molecule has 0 aromatic heterocycles. The molecule has 2 aromatic rings. The molecule has 142 valence electrons. The number of carbonyl (C=O) groups is 3. The highest BCUT2D eigenvalue weighted by molar-refractivity contribution is 5.91. The van der Waals surface area contributed by atoms with E-state index in [-0.39, 0.29) is 30.7 Å². The molecular weight excluding hydrogens is 348 g/mol. The van der Waals surface area contributed by atoms with Gasteiger partial charge >= 0.3 is 5.97 Å². The maximum absolute atomic E-state index is 12.3. The van der Waals surface area contributed by atoms with Crippen LogP contribution in [-0.4, -0.2) is 42.9 Å². The molecule has 0 fully saturated rings. The first-order chi connectivity index (χ1) is 12.9. The Bertz CT molecular complexity index is 790. The average Bonchev–Trinajstić information content (AvgIpc) is 2.70. The van der Waals surface area contributed by atoms with E-state index in [0.717, 1.165) is 5.56 Å². The fourth-order valence-corrected chi connectivity index (χ4v) is 2.33. The van der Waals surface area contributed by atoms with Crippen LogP contribution in [0.1, 0.15) is 28.9 Å². The lowest BCUT2D eigenvalue weighted by atomic mass is 10.1. The Balaban J connectivity index is 1.87. The molecule has 2 rings (SSSR count). The van der Waals surface area contributed by atoms with Gasteiger partial charge in [-0.3, -0.25) is 9.59 Å². The molecule has 2 aromatic carbocycles. The molecule has 1 atom stereocenters. The van der Waals surface area contributed by atoms with Crippen LogP contribution in [0.15, 0.2) is 54.6 Å². The summed E-state index contributed by atoms with van der Waals surface area (Å²) < 4.78 is 10.2. The number of hydrogen-bond donors (Lipinski definition) is 1. The molecule has 0 bridgehead atoms. The normalized spacial score (nSPS) is 11.3. The smallest absolute Gasteiger partial charge is 0.338 e. The molecular formula is C20H22N2O5. The van der Waals surface area contributed by atoms with Crippen LogP contribution in [0.2, 0.25) is 0 Å². The number of rotatable bonds is 8. The third-order valence-electron chi connectivity index (χ3n) is 4.05. The Morgan fingerprint density at radius 3 is 2.22 bits per heavy atom. The fourth-order valence-electron chi connectivity index (χ4n) is 2.33. The summed E-state index contributed by atoms with van der Waals surface area (Å²) in [5, 5.41) is 0. The van der Waals surface area contributed by atoms with Crippen LogP contribution in [0.25, 0.3) is 0 Å². The first-order valence-corrected chi connectivity index (χ1v) is 8.37. The summed E-state index contributed by atoms with van der Waals surface area (Å²) in [4.78, 5) is 36.6. The molecule has 1 unspecified atom stereocenters. The lowest BCUT2D eigenvalue weighted by Crippen LogP contribution is -2.33. The van der Waals surface area contributed by atoms with Crippen molar-refractivity contribution < 1.29 is 23.9 Å². The fraction of sp³-hybridized carbons (Fsp3) is 0.250. The molecule has 0 heterocycles. The van der Waals surface area contributed by atoms with Crippen molar-refractivity contribution in [2.24, 2.45) is 5.73 Å². The zero-order valence-corrected chi connectivity index (χ0v) is 15.3. The number of nitrogens with zero attached hydrogens (tertiary/aromatic N) is 1. The van der Waals surface area contributed by atoms with Gasteiger partial charge in [-0.2, -0.15) is 0 Å². The van der Waals surface area contributed by atoms with Crippen LogP contribution < -0.4 is 10.5 Å². The number of likely N-dealkylation sites (N-methyl/N-ethyl adjacent to an activating group) is 1. The molecule has 0 spiro atoms. The number of esters is 1. The predicted octanol–water partition coefficient (Wildman–Crippen LogP) is 1.93. The largest absolute Gasteiger partial charge is 0.484 e. The molecule has 0 radical (unpaired) electrons. The Kier molecular flexibility index (Phi) is 6.93. The van der Waals surface area contributed by atoms with Gasteiger partial charge in [-0.15, -0.1) is 0 Å². The van der Waals surface area contributed by atoms with E-state index < -0.39 is 11.9 Å². The molecule has 2 amide bonds. The van der Waals surface area contributed by atoms with Crippen molar-refractivity contribution in [3.8, 4) is 5.75 Å². The van der Waals surface area contributed by atoms with Crippen LogP contribution in [0, 0.1) is 0 Å². The van der Waals surface area contributed by atoms with E-state index in [0.29, 0.717) is 5.75 Å². The van der Waals surface area contributed by atoms with E-state index in [4.69, 9.17) is 15.2 Å². The second-order valence-corrected chi connectivity index (χ2v) is 5.95. The maximum atomic E-state index is 12.3. The van der Waals surface area contributed by atoms with Gasteiger partial charge in [-0.05, 0) is 36.8 Å². The molecule has 0 aliphatic heterocycles. The molecule has 0 aliphatic carbocycles.